The number of amides is 1. The zero-order chi connectivity index (χ0) is 13.8. The summed E-state index contributed by atoms with van der Waals surface area (Å²) in [6, 6.07) is 6.24. The summed E-state index contributed by atoms with van der Waals surface area (Å²) in [5.74, 6) is -0.319. The van der Waals surface area contributed by atoms with Crippen LogP contribution in [-0.2, 0) is 0 Å². The van der Waals surface area contributed by atoms with E-state index in [-0.39, 0.29) is 23.3 Å². The van der Waals surface area contributed by atoms with E-state index >= 15 is 0 Å². The van der Waals surface area contributed by atoms with E-state index in [0.717, 1.165) is 12.8 Å². The summed E-state index contributed by atoms with van der Waals surface area (Å²) in [7, 11) is 0. The van der Waals surface area contributed by atoms with Crippen molar-refractivity contribution in [2.24, 2.45) is 0 Å². The van der Waals surface area contributed by atoms with Crippen LogP contribution >= 0.6 is 15.9 Å². The highest BCUT2D eigenvalue weighted by Gasteiger charge is 2.30. The van der Waals surface area contributed by atoms with Gasteiger partial charge >= 0.3 is 6.61 Å². The molecule has 0 bridgehead atoms. The SMILES string of the molecule is O=C(c1ccccc1OC(F)F)N1CCCC1CBr. The van der Waals surface area contributed by atoms with E-state index in [1.54, 1.807) is 17.0 Å². The number of ether oxygens (including phenoxy) is 1. The maximum Gasteiger partial charge on any atom is 0.387 e. The van der Waals surface area contributed by atoms with Crippen molar-refractivity contribution < 1.29 is 18.3 Å². The van der Waals surface area contributed by atoms with Crippen molar-refractivity contribution >= 4 is 21.8 Å². The van der Waals surface area contributed by atoms with E-state index in [1.807, 2.05) is 0 Å². The van der Waals surface area contributed by atoms with E-state index < -0.39 is 6.61 Å². The molecule has 6 heteroatoms. The van der Waals surface area contributed by atoms with E-state index in [4.69, 9.17) is 0 Å². The molecule has 0 radical (unpaired) electrons. The van der Waals surface area contributed by atoms with Gasteiger partial charge in [-0.15, -0.1) is 0 Å². The molecule has 104 valence electrons. The first-order chi connectivity index (χ1) is 9.13. The summed E-state index contributed by atoms with van der Waals surface area (Å²) in [5, 5.41) is 0.691. The van der Waals surface area contributed by atoms with Crippen molar-refractivity contribution in [3.63, 3.8) is 0 Å². The molecule has 0 aliphatic carbocycles. The molecule has 0 saturated carbocycles. The molecule has 1 atom stereocenters. The quantitative estimate of drug-likeness (QED) is 0.791. The van der Waals surface area contributed by atoms with Gasteiger partial charge in [0.1, 0.15) is 5.75 Å². The molecule has 1 aromatic carbocycles. The lowest BCUT2D eigenvalue weighted by Crippen LogP contribution is -2.36. The van der Waals surface area contributed by atoms with E-state index in [0.29, 0.717) is 11.9 Å². The number of hydrogen-bond acceptors (Lipinski definition) is 2. The molecule has 0 N–H and O–H groups in total. The van der Waals surface area contributed by atoms with Crippen LogP contribution in [0.2, 0.25) is 0 Å². The molecule has 1 unspecified atom stereocenters. The Labute approximate surface area is 118 Å². The Morgan fingerprint density at radius 1 is 1.47 bits per heavy atom. The number of carbonyl (C=O) groups excluding carboxylic acids is 1. The first-order valence-corrected chi connectivity index (χ1v) is 7.16. The van der Waals surface area contributed by atoms with E-state index in [9.17, 15) is 13.6 Å². The third-order valence-electron chi connectivity index (χ3n) is 3.15. The predicted molar refractivity (Wildman–Crippen MR) is 70.9 cm³/mol. The van der Waals surface area contributed by atoms with Gasteiger partial charge in [0.25, 0.3) is 5.91 Å². The van der Waals surface area contributed by atoms with Crippen LogP contribution < -0.4 is 4.74 Å². The van der Waals surface area contributed by atoms with Crippen LogP contribution in [0, 0.1) is 0 Å². The molecule has 1 aliphatic heterocycles. The highest BCUT2D eigenvalue weighted by atomic mass is 79.9. The Bertz CT molecular complexity index is 456. The number of carbonyl (C=O) groups is 1. The lowest BCUT2D eigenvalue weighted by atomic mass is 10.1. The Balaban J connectivity index is 2.23. The molecule has 1 aromatic rings. The van der Waals surface area contributed by atoms with E-state index in [2.05, 4.69) is 20.7 Å². The van der Waals surface area contributed by atoms with Crippen molar-refractivity contribution in [1.82, 2.24) is 4.90 Å². The van der Waals surface area contributed by atoms with Gasteiger partial charge in [0, 0.05) is 17.9 Å². The minimum absolute atomic E-state index is 0.0669. The second-order valence-corrected chi connectivity index (χ2v) is 4.97. The van der Waals surface area contributed by atoms with Crippen LogP contribution in [0.3, 0.4) is 0 Å². The Morgan fingerprint density at radius 2 is 2.21 bits per heavy atom. The monoisotopic (exact) mass is 333 g/mol. The number of alkyl halides is 3. The normalized spacial score (nSPS) is 18.9. The zero-order valence-electron chi connectivity index (χ0n) is 10.2. The van der Waals surface area contributed by atoms with Crippen LogP contribution in [0.4, 0.5) is 8.78 Å². The smallest absolute Gasteiger partial charge is 0.387 e. The number of nitrogens with zero attached hydrogens (tertiary/aromatic N) is 1. The van der Waals surface area contributed by atoms with Crippen molar-refractivity contribution in [2.75, 3.05) is 11.9 Å². The number of rotatable bonds is 4. The van der Waals surface area contributed by atoms with Gasteiger partial charge in [-0.3, -0.25) is 4.79 Å². The largest absolute Gasteiger partial charge is 0.434 e. The maximum atomic E-state index is 12.4. The minimum Gasteiger partial charge on any atom is -0.434 e. The zero-order valence-corrected chi connectivity index (χ0v) is 11.8. The van der Waals surface area contributed by atoms with Gasteiger partial charge in [-0.25, -0.2) is 0 Å². The van der Waals surface area contributed by atoms with Crippen LogP contribution in [0.5, 0.6) is 5.75 Å². The minimum atomic E-state index is -2.93. The highest BCUT2D eigenvalue weighted by molar-refractivity contribution is 9.09. The van der Waals surface area contributed by atoms with Crippen molar-refractivity contribution in [3.05, 3.63) is 29.8 Å². The number of likely N-dealkylation sites (tertiary alicyclic amines) is 1. The van der Waals surface area contributed by atoms with Gasteiger partial charge in [0.05, 0.1) is 5.56 Å². The molecule has 1 aliphatic rings. The summed E-state index contributed by atoms with van der Waals surface area (Å²) in [5.41, 5.74) is 0.190. The fourth-order valence-corrected chi connectivity index (χ4v) is 2.93. The fourth-order valence-electron chi connectivity index (χ4n) is 2.26. The van der Waals surface area contributed by atoms with Crippen molar-refractivity contribution in [3.8, 4) is 5.75 Å². The lowest BCUT2D eigenvalue weighted by molar-refractivity contribution is -0.0502. The highest BCUT2D eigenvalue weighted by Crippen LogP contribution is 2.26. The van der Waals surface area contributed by atoms with E-state index in [1.165, 1.54) is 12.1 Å². The average Bonchev–Trinajstić information content (AvgIpc) is 2.86. The van der Waals surface area contributed by atoms with Crippen LogP contribution in [-0.4, -0.2) is 35.3 Å². The Morgan fingerprint density at radius 3 is 2.89 bits per heavy atom. The third-order valence-corrected chi connectivity index (χ3v) is 3.90. The number of para-hydroxylation sites is 1. The van der Waals surface area contributed by atoms with Crippen LogP contribution in [0.1, 0.15) is 23.2 Å². The molecule has 1 heterocycles. The van der Waals surface area contributed by atoms with Gasteiger partial charge < -0.3 is 9.64 Å². The topological polar surface area (TPSA) is 29.5 Å². The summed E-state index contributed by atoms with van der Waals surface area (Å²) in [6.07, 6.45) is 1.86. The van der Waals surface area contributed by atoms with Gasteiger partial charge in [0.2, 0.25) is 0 Å². The third kappa shape index (κ3) is 3.23. The van der Waals surface area contributed by atoms with Crippen molar-refractivity contribution in [2.45, 2.75) is 25.5 Å². The lowest BCUT2D eigenvalue weighted by Gasteiger charge is -2.24. The van der Waals surface area contributed by atoms with Gasteiger partial charge in [-0.2, -0.15) is 8.78 Å². The molecule has 2 rings (SSSR count). The molecule has 1 fully saturated rings. The molecular formula is C13H14BrF2NO2. The molecule has 3 nitrogen and oxygen atoms in total. The molecule has 1 amide bonds. The summed E-state index contributed by atoms with van der Waals surface area (Å²) < 4.78 is 29.1. The summed E-state index contributed by atoms with van der Waals surface area (Å²) >= 11 is 3.37. The predicted octanol–water partition coefficient (Wildman–Crippen LogP) is 3.29. The molecule has 1 saturated heterocycles. The molecule has 0 spiro atoms. The maximum absolute atomic E-state index is 12.4. The first-order valence-electron chi connectivity index (χ1n) is 6.04. The summed E-state index contributed by atoms with van der Waals surface area (Å²) in [4.78, 5) is 14.1. The van der Waals surface area contributed by atoms with Gasteiger partial charge in [0.15, 0.2) is 0 Å². The first kappa shape index (κ1) is 14.2. The van der Waals surface area contributed by atoms with Gasteiger partial charge in [-0.05, 0) is 25.0 Å². The van der Waals surface area contributed by atoms with Gasteiger partial charge in [-0.1, -0.05) is 28.1 Å². The second kappa shape index (κ2) is 6.32. The van der Waals surface area contributed by atoms with Crippen molar-refractivity contribution in [1.29, 1.82) is 0 Å². The summed E-state index contributed by atoms with van der Waals surface area (Å²) in [6.45, 7) is -2.28. The average molecular weight is 334 g/mol. The number of benzene rings is 1. The van der Waals surface area contributed by atoms with Crippen LogP contribution in [0.25, 0.3) is 0 Å². The Hall–Kier alpha value is -1.17. The fraction of sp³-hybridized carbons (Fsp3) is 0.462. The standard InChI is InChI=1S/C13H14BrF2NO2/c14-8-9-4-3-7-17(9)12(18)10-5-1-2-6-11(10)19-13(15)16/h1-2,5-6,9,13H,3-4,7-8H2. The molecule has 0 aromatic heterocycles. The van der Waals surface area contributed by atoms with Crippen LogP contribution in [0.15, 0.2) is 24.3 Å². The molecular weight excluding hydrogens is 320 g/mol. The second-order valence-electron chi connectivity index (χ2n) is 4.32. The number of hydrogen-bond donors (Lipinski definition) is 0. The number of halogens is 3. The Kier molecular flexibility index (Phi) is 4.74. The molecule has 19 heavy (non-hydrogen) atoms.